The number of halogens is 2. The lowest BCUT2D eigenvalue weighted by atomic mass is 10.1. The summed E-state index contributed by atoms with van der Waals surface area (Å²) in [4.78, 5) is -0.428. The lowest BCUT2D eigenvalue weighted by Gasteiger charge is -2.20. The van der Waals surface area contributed by atoms with Crippen molar-refractivity contribution in [3.8, 4) is 22.8 Å². The standard InChI is InChI=1S/C16H21BrFNO5SSi/c1-26(2,3)24-16-13(20)14(10-6-4-5-7-12(10)18)23-15(16)11(17)8-9-19-25(21)22/h4-7,11,20,25H,8-9H2,1-3H3,(H,19,21,22). The molecule has 0 aliphatic heterocycles. The molecule has 0 amide bonds. The van der Waals surface area contributed by atoms with Crippen LogP contribution in [-0.2, 0) is 10.9 Å². The maximum atomic E-state index is 14.1. The van der Waals surface area contributed by atoms with Crippen LogP contribution in [0.2, 0.25) is 19.6 Å². The SMILES string of the molecule is C[Si](C)(C)Oc1c(C(Br)CCN[SH](=O)=O)oc(-c2ccccc2F)c1O. The van der Waals surface area contributed by atoms with E-state index in [-0.39, 0.29) is 29.4 Å². The lowest BCUT2D eigenvalue weighted by molar-refractivity contribution is 0.438. The van der Waals surface area contributed by atoms with E-state index < -0.39 is 29.9 Å². The maximum absolute atomic E-state index is 14.1. The Kier molecular flexibility index (Phi) is 6.89. The van der Waals surface area contributed by atoms with Crippen molar-refractivity contribution in [2.75, 3.05) is 6.54 Å². The van der Waals surface area contributed by atoms with E-state index >= 15 is 0 Å². The lowest BCUT2D eigenvalue weighted by Crippen LogP contribution is -2.29. The summed E-state index contributed by atoms with van der Waals surface area (Å²) in [5, 5.41) is 10.6. The van der Waals surface area contributed by atoms with Crippen molar-refractivity contribution >= 4 is 35.1 Å². The Morgan fingerprint density at radius 1 is 1.35 bits per heavy atom. The van der Waals surface area contributed by atoms with Crippen molar-refractivity contribution in [3.63, 3.8) is 0 Å². The topological polar surface area (TPSA) is 88.8 Å². The van der Waals surface area contributed by atoms with Gasteiger partial charge in [-0.1, -0.05) is 28.1 Å². The molecule has 2 N–H and O–H groups in total. The van der Waals surface area contributed by atoms with Crippen LogP contribution in [0.15, 0.2) is 28.7 Å². The molecule has 1 aromatic carbocycles. The average molecular weight is 466 g/mol. The average Bonchev–Trinajstić information content (AvgIpc) is 2.83. The van der Waals surface area contributed by atoms with Gasteiger partial charge in [0.15, 0.2) is 17.3 Å². The minimum absolute atomic E-state index is 0.0151. The van der Waals surface area contributed by atoms with Gasteiger partial charge in [0.1, 0.15) is 5.82 Å². The maximum Gasteiger partial charge on any atom is 0.242 e. The number of benzene rings is 1. The molecule has 10 heteroatoms. The van der Waals surface area contributed by atoms with E-state index in [0.29, 0.717) is 12.2 Å². The van der Waals surface area contributed by atoms with Crippen LogP contribution in [0.5, 0.6) is 11.5 Å². The Balaban J connectivity index is 2.45. The Morgan fingerprint density at radius 3 is 2.58 bits per heavy atom. The highest BCUT2D eigenvalue weighted by Crippen LogP contribution is 2.49. The van der Waals surface area contributed by atoms with Crippen molar-refractivity contribution in [3.05, 3.63) is 35.8 Å². The van der Waals surface area contributed by atoms with Gasteiger partial charge < -0.3 is 13.9 Å². The molecule has 1 unspecified atom stereocenters. The third-order valence-electron chi connectivity index (χ3n) is 3.32. The number of nitrogens with one attached hydrogen (secondary N) is 1. The van der Waals surface area contributed by atoms with E-state index in [9.17, 15) is 17.9 Å². The summed E-state index contributed by atoms with van der Waals surface area (Å²) in [6.07, 6.45) is 0.356. The van der Waals surface area contributed by atoms with Crippen LogP contribution in [0.1, 0.15) is 17.0 Å². The smallest absolute Gasteiger partial charge is 0.242 e. The highest BCUT2D eigenvalue weighted by atomic mass is 79.9. The summed E-state index contributed by atoms with van der Waals surface area (Å²) in [6.45, 7) is 6.01. The van der Waals surface area contributed by atoms with Gasteiger partial charge in [0.2, 0.25) is 25.0 Å². The highest BCUT2D eigenvalue weighted by Gasteiger charge is 2.31. The Morgan fingerprint density at radius 2 is 2.00 bits per heavy atom. The van der Waals surface area contributed by atoms with Crippen LogP contribution in [-0.4, -0.2) is 28.4 Å². The number of furan rings is 1. The number of aromatic hydroxyl groups is 1. The predicted molar refractivity (Wildman–Crippen MR) is 104 cm³/mol. The van der Waals surface area contributed by atoms with Crippen molar-refractivity contribution in [2.24, 2.45) is 0 Å². The van der Waals surface area contributed by atoms with Crippen molar-refractivity contribution in [1.29, 1.82) is 0 Å². The number of rotatable bonds is 8. The van der Waals surface area contributed by atoms with Crippen LogP contribution >= 0.6 is 15.9 Å². The van der Waals surface area contributed by atoms with Gasteiger partial charge in [0.25, 0.3) is 0 Å². The molecule has 0 saturated heterocycles. The van der Waals surface area contributed by atoms with Crippen LogP contribution in [0, 0.1) is 5.82 Å². The molecule has 0 aliphatic carbocycles. The fourth-order valence-electron chi connectivity index (χ4n) is 2.28. The second-order valence-corrected chi connectivity index (χ2v) is 13.0. The Hall–Kier alpha value is -1.36. The number of alkyl halides is 1. The van der Waals surface area contributed by atoms with Gasteiger partial charge in [-0.15, -0.1) is 0 Å². The second kappa shape index (κ2) is 8.55. The molecule has 1 aromatic heterocycles. The summed E-state index contributed by atoms with van der Waals surface area (Å²) in [7, 11) is -4.80. The van der Waals surface area contributed by atoms with Crippen molar-refractivity contribution in [2.45, 2.75) is 30.9 Å². The van der Waals surface area contributed by atoms with E-state index in [0.717, 1.165) is 0 Å². The molecule has 0 spiro atoms. The molecule has 0 aliphatic rings. The van der Waals surface area contributed by atoms with Gasteiger partial charge in [0.05, 0.1) is 10.4 Å². The quantitative estimate of drug-likeness (QED) is 0.312. The normalized spacial score (nSPS) is 13.2. The first-order valence-electron chi connectivity index (χ1n) is 7.91. The van der Waals surface area contributed by atoms with Crippen LogP contribution < -0.4 is 9.15 Å². The van der Waals surface area contributed by atoms with E-state index in [1.54, 1.807) is 12.1 Å². The molecule has 26 heavy (non-hydrogen) atoms. The number of hydrogen-bond donors (Lipinski definition) is 3. The molecule has 2 rings (SSSR count). The Labute approximate surface area is 162 Å². The van der Waals surface area contributed by atoms with E-state index in [1.807, 2.05) is 19.6 Å². The second-order valence-electron chi connectivity index (χ2n) is 6.59. The zero-order valence-electron chi connectivity index (χ0n) is 14.6. The predicted octanol–water partition coefficient (Wildman–Crippen LogP) is 3.95. The summed E-state index contributed by atoms with van der Waals surface area (Å²) in [5.41, 5.74) is 0.122. The third-order valence-corrected chi connectivity index (χ3v) is 5.49. The molecule has 1 heterocycles. The molecule has 2 aromatic rings. The monoisotopic (exact) mass is 465 g/mol. The van der Waals surface area contributed by atoms with E-state index in [2.05, 4.69) is 20.7 Å². The van der Waals surface area contributed by atoms with E-state index in [1.165, 1.54) is 12.1 Å². The molecular weight excluding hydrogens is 445 g/mol. The first-order valence-corrected chi connectivity index (χ1v) is 13.4. The fraction of sp³-hybridized carbons (Fsp3) is 0.375. The molecule has 1 atom stereocenters. The highest BCUT2D eigenvalue weighted by molar-refractivity contribution is 9.09. The number of hydrogen-bond acceptors (Lipinski definition) is 5. The van der Waals surface area contributed by atoms with E-state index in [4.69, 9.17) is 8.84 Å². The number of thiol groups is 1. The summed E-state index contributed by atoms with van der Waals surface area (Å²) < 4.78 is 49.4. The fourth-order valence-corrected chi connectivity index (χ4v) is 3.93. The molecular formula is C16H21BrFNO5SSi. The molecule has 0 radical (unpaired) electrons. The van der Waals surface area contributed by atoms with Gasteiger partial charge >= 0.3 is 0 Å². The van der Waals surface area contributed by atoms with Gasteiger partial charge in [-0.3, -0.25) is 0 Å². The van der Waals surface area contributed by atoms with Crippen LogP contribution in [0.3, 0.4) is 0 Å². The van der Waals surface area contributed by atoms with Gasteiger partial charge in [-0.2, -0.15) is 0 Å². The summed E-state index contributed by atoms with van der Waals surface area (Å²) in [5.74, 6) is -0.348. The van der Waals surface area contributed by atoms with Gasteiger partial charge in [0, 0.05) is 6.54 Å². The van der Waals surface area contributed by atoms with Crippen molar-refractivity contribution in [1.82, 2.24) is 4.72 Å². The minimum atomic E-state index is -2.70. The zero-order valence-corrected chi connectivity index (χ0v) is 18.1. The largest absolute Gasteiger partial charge is 0.539 e. The third kappa shape index (κ3) is 5.32. The molecule has 0 fully saturated rings. The van der Waals surface area contributed by atoms with Crippen molar-refractivity contribution < 1.29 is 26.8 Å². The summed E-state index contributed by atoms with van der Waals surface area (Å²) in [6, 6.07) is 5.96. The first kappa shape index (κ1) is 20.9. The van der Waals surface area contributed by atoms with Gasteiger partial charge in [-0.25, -0.2) is 17.5 Å². The zero-order chi connectivity index (χ0) is 19.5. The van der Waals surface area contributed by atoms with Crippen LogP contribution in [0.4, 0.5) is 4.39 Å². The van der Waals surface area contributed by atoms with Crippen LogP contribution in [0.25, 0.3) is 11.3 Å². The first-order chi connectivity index (χ1) is 12.1. The summed E-state index contributed by atoms with van der Waals surface area (Å²) >= 11 is 3.43. The minimum Gasteiger partial charge on any atom is -0.539 e. The van der Waals surface area contributed by atoms with Gasteiger partial charge in [-0.05, 0) is 38.2 Å². The molecule has 0 saturated carbocycles. The molecule has 0 bridgehead atoms. The molecule has 144 valence electrons. The Bertz CT molecular complexity index is 842. The molecule has 6 nitrogen and oxygen atoms in total.